The van der Waals surface area contributed by atoms with Gasteiger partial charge in [0, 0.05) is 37.2 Å². The zero-order valence-corrected chi connectivity index (χ0v) is 21.8. The summed E-state index contributed by atoms with van der Waals surface area (Å²) >= 11 is 1.90. The lowest BCUT2D eigenvalue weighted by atomic mass is 9.77. The fraction of sp³-hybridized carbons (Fsp3) is 0.258. The highest BCUT2D eigenvalue weighted by molar-refractivity contribution is 7.26. The molecule has 0 N–H and O–H groups in total. The van der Waals surface area contributed by atoms with Crippen LogP contribution in [-0.2, 0) is 9.31 Å². The molecule has 3 aliphatic rings. The van der Waals surface area contributed by atoms with E-state index in [9.17, 15) is 0 Å². The zero-order valence-electron chi connectivity index (χ0n) is 21.0. The summed E-state index contributed by atoms with van der Waals surface area (Å²) in [6, 6.07) is 22.0. The minimum atomic E-state index is -0.362. The fourth-order valence-corrected chi connectivity index (χ4v) is 6.86. The topological polar surface area (TPSA) is 30.8 Å². The molecule has 4 aromatic rings. The van der Waals surface area contributed by atoms with Gasteiger partial charge in [0.2, 0.25) is 0 Å². The molecule has 7 rings (SSSR count). The minimum Gasteiger partial charge on any atom is -0.399 e. The molecule has 0 radical (unpaired) electrons. The average Bonchev–Trinajstić information content (AvgIpc) is 3.36. The normalized spacial score (nSPS) is 23.7. The summed E-state index contributed by atoms with van der Waals surface area (Å²) < 4.78 is 15.3. The van der Waals surface area contributed by atoms with Crippen LogP contribution in [0.5, 0.6) is 0 Å². The highest BCUT2D eigenvalue weighted by atomic mass is 32.1. The number of hydrogen-bond donors (Lipinski definition) is 0. The lowest BCUT2D eigenvalue weighted by Gasteiger charge is -2.32. The second kappa shape index (κ2) is 7.76. The van der Waals surface area contributed by atoms with Crippen molar-refractivity contribution >= 4 is 49.8 Å². The van der Waals surface area contributed by atoms with Gasteiger partial charge in [-0.2, -0.15) is 0 Å². The van der Waals surface area contributed by atoms with Crippen molar-refractivity contribution in [2.24, 2.45) is 4.99 Å². The fourth-order valence-electron chi connectivity index (χ4n) is 5.56. The summed E-state index contributed by atoms with van der Waals surface area (Å²) in [6.07, 6.45) is 8.84. The molecule has 1 saturated heterocycles. The van der Waals surface area contributed by atoms with E-state index in [1.54, 1.807) is 0 Å². The number of fused-ring (bicyclic) bond motifs is 7. The smallest absolute Gasteiger partial charge is 0.399 e. The summed E-state index contributed by atoms with van der Waals surface area (Å²) in [7, 11) is -0.362. The molecule has 2 aliphatic heterocycles. The van der Waals surface area contributed by atoms with Crippen molar-refractivity contribution < 1.29 is 9.31 Å². The SMILES string of the molecule is CC1(C)OB(c2ccc(C3=NC4C=CC=CC4c4c3ccc3c4sc4ccccc43)cc2)OC1(C)C. The van der Waals surface area contributed by atoms with Gasteiger partial charge in [-0.1, -0.05) is 78.9 Å². The second-order valence-electron chi connectivity index (χ2n) is 11.0. The van der Waals surface area contributed by atoms with Gasteiger partial charge in [-0.3, -0.25) is 4.99 Å². The molecule has 178 valence electrons. The van der Waals surface area contributed by atoms with Gasteiger partial charge in [-0.15, -0.1) is 11.3 Å². The van der Waals surface area contributed by atoms with Gasteiger partial charge >= 0.3 is 7.12 Å². The second-order valence-corrected chi connectivity index (χ2v) is 12.0. The number of rotatable bonds is 2. The maximum Gasteiger partial charge on any atom is 0.494 e. The number of allylic oxidation sites excluding steroid dienone is 2. The summed E-state index contributed by atoms with van der Waals surface area (Å²) in [5.74, 6) is 0.259. The molecule has 5 heteroatoms. The first-order valence-electron chi connectivity index (χ1n) is 12.7. The van der Waals surface area contributed by atoms with Crippen LogP contribution >= 0.6 is 11.3 Å². The van der Waals surface area contributed by atoms with Gasteiger partial charge in [-0.05, 0) is 44.8 Å². The molecule has 1 aliphatic carbocycles. The van der Waals surface area contributed by atoms with Crippen LogP contribution in [0, 0.1) is 0 Å². The maximum absolute atomic E-state index is 6.27. The predicted molar refractivity (Wildman–Crippen MR) is 152 cm³/mol. The van der Waals surface area contributed by atoms with Crippen molar-refractivity contribution in [3.05, 3.63) is 102 Å². The van der Waals surface area contributed by atoms with Crippen LogP contribution in [0.1, 0.15) is 50.3 Å². The van der Waals surface area contributed by atoms with Gasteiger partial charge in [-0.25, -0.2) is 0 Å². The van der Waals surface area contributed by atoms with Crippen LogP contribution in [0.25, 0.3) is 20.2 Å². The van der Waals surface area contributed by atoms with Crippen LogP contribution in [0.4, 0.5) is 0 Å². The molecule has 1 fully saturated rings. The Morgan fingerprint density at radius 1 is 0.806 bits per heavy atom. The monoisotopic (exact) mass is 489 g/mol. The molecule has 3 heterocycles. The number of nitrogens with zero attached hydrogens (tertiary/aromatic N) is 1. The van der Waals surface area contributed by atoms with Gasteiger partial charge in [0.1, 0.15) is 0 Å². The van der Waals surface area contributed by atoms with Gasteiger partial charge < -0.3 is 9.31 Å². The van der Waals surface area contributed by atoms with E-state index in [2.05, 4.69) is 113 Å². The molecule has 3 nitrogen and oxygen atoms in total. The molecule has 2 atom stereocenters. The average molecular weight is 489 g/mol. The molecule has 0 spiro atoms. The van der Waals surface area contributed by atoms with Gasteiger partial charge in [0.15, 0.2) is 0 Å². The van der Waals surface area contributed by atoms with Crippen molar-refractivity contribution in [2.75, 3.05) is 0 Å². The largest absolute Gasteiger partial charge is 0.494 e. The summed E-state index contributed by atoms with van der Waals surface area (Å²) in [5, 5.41) is 2.68. The highest BCUT2D eigenvalue weighted by Gasteiger charge is 2.51. The van der Waals surface area contributed by atoms with Crippen molar-refractivity contribution in [1.29, 1.82) is 0 Å². The summed E-state index contributed by atoms with van der Waals surface area (Å²) in [5.41, 5.74) is 5.15. The minimum absolute atomic E-state index is 0.107. The molecular weight excluding hydrogens is 461 g/mol. The molecule has 0 amide bonds. The summed E-state index contributed by atoms with van der Waals surface area (Å²) in [6.45, 7) is 8.36. The Balaban J connectivity index is 1.34. The first-order valence-corrected chi connectivity index (χ1v) is 13.5. The van der Waals surface area contributed by atoms with E-state index >= 15 is 0 Å². The van der Waals surface area contributed by atoms with Gasteiger partial charge in [0.25, 0.3) is 0 Å². The third-order valence-corrected chi connectivity index (χ3v) is 9.49. The van der Waals surface area contributed by atoms with E-state index in [4.69, 9.17) is 14.3 Å². The van der Waals surface area contributed by atoms with Crippen molar-refractivity contribution in [2.45, 2.75) is 50.9 Å². The summed E-state index contributed by atoms with van der Waals surface area (Å²) in [4.78, 5) is 5.27. The number of hydrogen-bond acceptors (Lipinski definition) is 4. The lowest BCUT2D eigenvalue weighted by molar-refractivity contribution is 0.00578. The Morgan fingerprint density at radius 3 is 2.31 bits per heavy atom. The van der Waals surface area contributed by atoms with Crippen molar-refractivity contribution in [3.63, 3.8) is 0 Å². The van der Waals surface area contributed by atoms with Crippen LogP contribution in [0.3, 0.4) is 0 Å². The Bertz CT molecular complexity index is 1590. The van der Waals surface area contributed by atoms with E-state index < -0.39 is 0 Å². The number of thiophene rings is 1. The molecule has 2 unspecified atom stereocenters. The third kappa shape index (κ3) is 3.23. The highest BCUT2D eigenvalue weighted by Crippen LogP contribution is 2.45. The quantitative estimate of drug-likeness (QED) is 0.291. The van der Waals surface area contributed by atoms with Crippen molar-refractivity contribution in [1.82, 2.24) is 0 Å². The van der Waals surface area contributed by atoms with E-state index in [0.717, 1.165) is 16.7 Å². The van der Waals surface area contributed by atoms with E-state index in [0.29, 0.717) is 0 Å². The maximum atomic E-state index is 6.27. The molecule has 0 saturated carbocycles. The first-order chi connectivity index (χ1) is 17.3. The Morgan fingerprint density at radius 2 is 1.53 bits per heavy atom. The van der Waals surface area contributed by atoms with Crippen LogP contribution < -0.4 is 5.46 Å². The standard InChI is InChI=1S/C31H28BNO2S/c1-30(2)31(3,4)35-32(34-30)20-15-13-19(14-16-20)28-24-18-17-22-21-9-6-8-12-26(21)36-29(22)27(24)23-10-5-7-11-25(23)33-28/h5-18,23,25H,1-4H3. The Labute approximate surface area is 216 Å². The zero-order chi connectivity index (χ0) is 24.7. The first kappa shape index (κ1) is 22.2. The van der Waals surface area contributed by atoms with Crippen LogP contribution in [0.15, 0.2) is 90.0 Å². The van der Waals surface area contributed by atoms with Gasteiger partial charge in [0.05, 0.1) is 23.0 Å². The third-order valence-electron chi connectivity index (χ3n) is 8.27. The van der Waals surface area contributed by atoms with Crippen LogP contribution in [-0.4, -0.2) is 30.1 Å². The molecule has 1 aromatic heterocycles. The van der Waals surface area contributed by atoms with E-state index in [-0.39, 0.29) is 30.3 Å². The number of benzene rings is 3. The molecule has 3 aromatic carbocycles. The molecule has 36 heavy (non-hydrogen) atoms. The lowest BCUT2D eigenvalue weighted by Crippen LogP contribution is -2.41. The van der Waals surface area contributed by atoms with E-state index in [1.807, 2.05) is 11.3 Å². The Hall–Kier alpha value is -2.99. The predicted octanol–water partition coefficient (Wildman–Crippen LogP) is 6.78. The molecule has 0 bridgehead atoms. The molecular formula is C31H28BNO2S. The van der Waals surface area contributed by atoms with E-state index in [1.165, 1.54) is 31.3 Å². The van der Waals surface area contributed by atoms with Crippen LogP contribution in [0.2, 0.25) is 0 Å². The Kier molecular flexibility index (Phi) is 4.79. The number of aliphatic imine (C=N–C) groups is 1. The van der Waals surface area contributed by atoms with Crippen molar-refractivity contribution in [3.8, 4) is 0 Å².